The molecule has 2 aromatic heterocycles. The molecule has 2 heterocycles. The van der Waals surface area contributed by atoms with Crippen molar-refractivity contribution in [2.45, 2.75) is 26.6 Å². The molecule has 1 aromatic carbocycles. The zero-order valence-electron chi connectivity index (χ0n) is 15.5. The van der Waals surface area contributed by atoms with Crippen LogP contribution in [0.5, 0.6) is 0 Å². The molecule has 0 aliphatic heterocycles. The molecule has 0 fully saturated rings. The van der Waals surface area contributed by atoms with Gasteiger partial charge in [-0.25, -0.2) is 0 Å². The number of hydrogen-bond donors (Lipinski definition) is 2. The quantitative estimate of drug-likeness (QED) is 0.651. The minimum Gasteiger partial charge on any atom is -0.451 e. The average molecular weight is 406 g/mol. The van der Waals surface area contributed by atoms with Gasteiger partial charge >= 0.3 is 12.1 Å². The van der Waals surface area contributed by atoms with Crippen molar-refractivity contribution in [3.63, 3.8) is 0 Å². The summed E-state index contributed by atoms with van der Waals surface area (Å²) in [4.78, 5) is 24.1. The lowest BCUT2D eigenvalue weighted by Gasteiger charge is -2.08. The van der Waals surface area contributed by atoms with Crippen LogP contribution in [0.25, 0.3) is 11.3 Å². The summed E-state index contributed by atoms with van der Waals surface area (Å²) in [6.45, 7) is 3.50. The third-order valence-corrected chi connectivity index (χ3v) is 4.02. The predicted octanol–water partition coefficient (Wildman–Crippen LogP) is 3.24. The van der Waals surface area contributed by atoms with Crippen LogP contribution >= 0.6 is 0 Å². The van der Waals surface area contributed by atoms with Gasteiger partial charge in [0.25, 0.3) is 5.91 Å². The number of rotatable bonds is 4. The van der Waals surface area contributed by atoms with Gasteiger partial charge in [0, 0.05) is 11.3 Å². The second-order valence-corrected chi connectivity index (χ2v) is 6.33. The van der Waals surface area contributed by atoms with Gasteiger partial charge in [-0.3, -0.25) is 25.1 Å². The number of alkyl halides is 3. The maximum absolute atomic E-state index is 12.8. The topological polar surface area (TPSA) is 89.2 Å². The first-order chi connectivity index (χ1) is 13.6. The second kappa shape index (κ2) is 7.82. The zero-order valence-corrected chi connectivity index (χ0v) is 15.5. The highest BCUT2D eigenvalue weighted by atomic mass is 19.4. The Balaban J connectivity index is 1.62. The first kappa shape index (κ1) is 20.2. The third kappa shape index (κ3) is 4.84. The van der Waals surface area contributed by atoms with Crippen molar-refractivity contribution in [2.24, 2.45) is 0 Å². The molecular formula is C19H17F3N4O3. The van der Waals surface area contributed by atoms with Crippen LogP contribution in [0.3, 0.4) is 0 Å². The standard InChI is InChI=1S/C19H17F3N4O3/c1-11-8-12(2)26(25-11)10-17(27)23-24-18(28)16-7-6-15(29-16)13-4-3-5-14(9-13)19(20,21)22/h3-9H,10H2,1-2H3,(H,23,27)(H,24,28). The number of aromatic nitrogens is 2. The van der Waals surface area contributed by atoms with Crippen molar-refractivity contribution in [3.05, 3.63) is 65.2 Å². The van der Waals surface area contributed by atoms with Gasteiger partial charge in [-0.05, 0) is 44.2 Å². The van der Waals surface area contributed by atoms with Gasteiger partial charge in [-0.2, -0.15) is 18.3 Å². The Morgan fingerprint density at radius 3 is 2.52 bits per heavy atom. The fourth-order valence-electron chi connectivity index (χ4n) is 2.66. The van der Waals surface area contributed by atoms with E-state index in [9.17, 15) is 22.8 Å². The van der Waals surface area contributed by atoms with Crippen LogP contribution in [0.1, 0.15) is 27.5 Å². The fourth-order valence-corrected chi connectivity index (χ4v) is 2.66. The van der Waals surface area contributed by atoms with E-state index in [2.05, 4.69) is 16.0 Å². The third-order valence-electron chi connectivity index (χ3n) is 4.02. The molecule has 29 heavy (non-hydrogen) atoms. The number of aryl methyl sites for hydroxylation is 2. The number of benzene rings is 1. The maximum Gasteiger partial charge on any atom is 0.416 e. The lowest BCUT2D eigenvalue weighted by atomic mass is 10.1. The number of carbonyl (C=O) groups excluding carboxylic acids is 2. The molecule has 7 nitrogen and oxygen atoms in total. The Hall–Kier alpha value is -3.56. The largest absolute Gasteiger partial charge is 0.451 e. The number of hydrogen-bond acceptors (Lipinski definition) is 4. The Morgan fingerprint density at radius 1 is 1.10 bits per heavy atom. The summed E-state index contributed by atoms with van der Waals surface area (Å²) in [6.07, 6.45) is -4.49. The number of furan rings is 1. The summed E-state index contributed by atoms with van der Waals surface area (Å²) in [7, 11) is 0. The van der Waals surface area contributed by atoms with Crippen LogP contribution in [0, 0.1) is 13.8 Å². The van der Waals surface area contributed by atoms with Crippen molar-refractivity contribution in [2.75, 3.05) is 0 Å². The van der Waals surface area contributed by atoms with E-state index in [1.54, 1.807) is 13.8 Å². The number of halogens is 3. The van der Waals surface area contributed by atoms with Gasteiger partial charge < -0.3 is 4.42 Å². The van der Waals surface area contributed by atoms with Crippen molar-refractivity contribution < 1.29 is 27.2 Å². The second-order valence-electron chi connectivity index (χ2n) is 6.33. The monoisotopic (exact) mass is 406 g/mol. The summed E-state index contributed by atoms with van der Waals surface area (Å²) >= 11 is 0. The van der Waals surface area contributed by atoms with E-state index < -0.39 is 23.6 Å². The molecule has 152 valence electrons. The molecule has 0 radical (unpaired) electrons. The van der Waals surface area contributed by atoms with Crippen molar-refractivity contribution in [1.29, 1.82) is 0 Å². The molecule has 0 bridgehead atoms. The summed E-state index contributed by atoms with van der Waals surface area (Å²) in [5, 5.41) is 4.14. The van der Waals surface area contributed by atoms with Crippen molar-refractivity contribution >= 4 is 11.8 Å². The molecule has 0 unspecified atom stereocenters. The summed E-state index contributed by atoms with van der Waals surface area (Å²) in [5.41, 5.74) is 5.33. The minimum absolute atomic E-state index is 0.0897. The molecule has 0 atom stereocenters. The highest BCUT2D eigenvalue weighted by molar-refractivity contribution is 5.93. The van der Waals surface area contributed by atoms with Gasteiger partial charge in [0.1, 0.15) is 12.3 Å². The van der Waals surface area contributed by atoms with Gasteiger partial charge in [0.15, 0.2) is 5.76 Å². The van der Waals surface area contributed by atoms with Crippen LogP contribution < -0.4 is 10.9 Å². The summed E-state index contributed by atoms with van der Waals surface area (Å²) in [5.74, 6) is -1.32. The minimum atomic E-state index is -4.49. The molecule has 0 spiro atoms. The van der Waals surface area contributed by atoms with Gasteiger partial charge in [-0.1, -0.05) is 12.1 Å². The van der Waals surface area contributed by atoms with Crippen LogP contribution in [-0.2, 0) is 17.5 Å². The number of amides is 2. The molecule has 0 aliphatic carbocycles. The van der Waals surface area contributed by atoms with E-state index in [0.29, 0.717) is 0 Å². The molecule has 0 aliphatic rings. The highest BCUT2D eigenvalue weighted by Gasteiger charge is 2.30. The van der Waals surface area contributed by atoms with Crippen LogP contribution in [-0.4, -0.2) is 21.6 Å². The van der Waals surface area contributed by atoms with Gasteiger partial charge in [0.2, 0.25) is 0 Å². The van der Waals surface area contributed by atoms with Crippen LogP contribution in [0.2, 0.25) is 0 Å². The Morgan fingerprint density at radius 2 is 1.86 bits per heavy atom. The normalized spacial score (nSPS) is 11.3. The first-order valence-corrected chi connectivity index (χ1v) is 8.51. The van der Waals surface area contributed by atoms with E-state index in [1.165, 1.54) is 28.9 Å². The number of nitrogens with one attached hydrogen (secondary N) is 2. The highest BCUT2D eigenvalue weighted by Crippen LogP contribution is 2.32. The zero-order chi connectivity index (χ0) is 21.2. The van der Waals surface area contributed by atoms with Gasteiger partial charge in [-0.15, -0.1) is 0 Å². The lowest BCUT2D eigenvalue weighted by Crippen LogP contribution is -2.43. The summed E-state index contributed by atoms with van der Waals surface area (Å²) in [6, 6.07) is 9.05. The number of carbonyl (C=O) groups is 2. The number of hydrazine groups is 1. The molecule has 3 rings (SSSR count). The molecule has 0 saturated carbocycles. The van der Waals surface area contributed by atoms with E-state index in [1.807, 2.05) is 6.07 Å². The Bertz CT molecular complexity index is 1050. The fraction of sp³-hybridized carbons (Fsp3) is 0.211. The molecule has 10 heteroatoms. The predicted molar refractivity (Wildman–Crippen MR) is 96.5 cm³/mol. The van der Waals surface area contributed by atoms with E-state index >= 15 is 0 Å². The van der Waals surface area contributed by atoms with Gasteiger partial charge in [0.05, 0.1) is 11.3 Å². The molecule has 0 saturated heterocycles. The van der Waals surface area contributed by atoms with Crippen molar-refractivity contribution in [3.8, 4) is 11.3 Å². The Labute approximate surface area is 163 Å². The summed E-state index contributed by atoms with van der Waals surface area (Å²) < 4.78 is 45.3. The van der Waals surface area contributed by atoms with E-state index in [-0.39, 0.29) is 23.6 Å². The van der Waals surface area contributed by atoms with E-state index in [0.717, 1.165) is 23.5 Å². The SMILES string of the molecule is Cc1cc(C)n(CC(=O)NNC(=O)c2ccc(-c3cccc(C(F)(F)F)c3)o2)n1. The molecule has 2 N–H and O–H groups in total. The van der Waals surface area contributed by atoms with Crippen LogP contribution in [0.4, 0.5) is 13.2 Å². The smallest absolute Gasteiger partial charge is 0.416 e. The Kier molecular flexibility index (Phi) is 5.44. The maximum atomic E-state index is 12.8. The molecule has 3 aromatic rings. The molecule has 2 amide bonds. The van der Waals surface area contributed by atoms with Crippen LogP contribution in [0.15, 0.2) is 46.9 Å². The lowest BCUT2D eigenvalue weighted by molar-refractivity contribution is -0.137. The number of nitrogens with zero attached hydrogens (tertiary/aromatic N) is 2. The molecular weight excluding hydrogens is 389 g/mol. The van der Waals surface area contributed by atoms with E-state index in [4.69, 9.17) is 4.42 Å². The average Bonchev–Trinajstić information content (AvgIpc) is 3.26. The first-order valence-electron chi connectivity index (χ1n) is 8.51. The van der Waals surface area contributed by atoms with Crippen molar-refractivity contribution in [1.82, 2.24) is 20.6 Å².